The minimum atomic E-state index is -0.0775. The molecule has 2 amide bonds. The summed E-state index contributed by atoms with van der Waals surface area (Å²) >= 11 is 0. The highest BCUT2D eigenvalue weighted by molar-refractivity contribution is 6.14. The van der Waals surface area contributed by atoms with Crippen molar-refractivity contribution in [3.8, 4) is 0 Å². The van der Waals surface area contributed by atoms with Gasteiger partial charge in [-0.15, -0.1) is 0 Å². The van der Waals surface area contributed by atoms with E-state index in [-0.39, 0.29) is 11.8 Å². The number of unbranched alkanes of at least 4 members (excludes halogenated alkanes) is 28. The average molecular weight is 641 g/mol. The Morgan fingerprint density at radius 2 is 0.739 bits per heavy atom. The normalized spacial score (nSPS) is 11.3. The standard InChI is InChI=1S/C42H76N2O2/c1-3-5-7-9-11-13-15-17-19-21-23-25-27-29-31-36-41(45)44(40-35-33-34-39(43)38-40)42(46)37-32-30-28-26-24-22-20-18-16-14-12-10-8-6-4-2/h33-35,38H,3-32,36-37,43H2,1-2H3. The highest BCUT2D eigenvalue weighted by Gasteiger charge is 2.22. The molecule has 0 saturated carbocycles. The molecule has 0 atom stereocenters. The van der Waals surface area contributed by atoms with Crippen molar-refractivity contribution in [2.24, 2.45) is 0 Å². The molecule has 1 rings (SSSR count). The van der Waals surface area contributed by atoms with Gasteiger partial charge in [-0.25, -0.2) is 0 Å². The number of nitrogen functional groups attached to an aromatic ring is 1. The number of anilines is 2. The molecule has 0 spiro atoms. The van der Waals surface area contributed by atoms with Crippen molar-refractivity contribution in [2.45, 2.75) is 219 Å². The molecule has 0 heterocycles. The Labute approximate surface area is 286 Å². The van der Waals surface area contributed by atoms with Crippen LogP contribution in [0.4, 0.5) is 11.4 Å². The highest BCUT2D eigenvalue weighted by atomic mass is 16.2. The van der Waals surface area contributed by atoms with Gasteiger partial charge in [0.15, 0.2) is 0 Å². The lowest BCUT2D eigenvalue weighted by Crippen LogP contribution is -2.36. The van der Waals surface area contributed by atoms with Crippen LogP contribution in [0.25, 0.3) is 0 Å². The Morgan fingerprint density at radius 1 is 0.457 bits per heavy atom. The van der Waals surface area contributed by atoms with Crippen LogP contribution in [-0.4, -0.2) is 11.8 Å². The summed E-state index contributed by atoms with van der Waals surface area (Å²) in [7, 11) is 0. The summed E-state index contributed by atoms with van der Waals surface area (Å²) in [6.45, 7) is 4.56. The molecular formula is C42H76N2O2. The van der Waals surface area contributed by atoms with E-state index in [1.54, 1.807) is 12.1 Å². The molecule has 0 saturated heterocycles. The van der Waals surface area contributed by atoms with E-state index >= 15 is 0 Å². The predicted octanol–water partition coefficient (Wildman–Crippen LogP) is 13.7. The fourth-order valence-electron chi connectivity index (χ4n) is 6.61. The third-order valence-corrected chi connectivity index (χ3v) is 9.62. The number of imide groups is 1. The predicted molar refractivity (Wildman–Crippen MR) is 202 cm³/mol. The van der Waals surface area contributed by atoms with E-state index in [2.05, 4.69) is 13.8 Å². The number of carbonyl (C=O) groups is 2. The lowest BCUT2D eigenvalue weighted by molar-refractivity contribution is -0.126. The van der Waals surface area contributed by atoms with Crippen molar-refractivity contribution < 1.29 is 9.59 Å². The Balaban J connectivity index is 2.17. The van der Waals surface area contributed by atoms with Gasteiger partial charge in [0.25, 0.3) is 0 Å². The van der Waals surface area contributed by atoms with Gasteiger partial charge < -0.3 is 5.73 Å². The van der Waals surface area contributed by atoms with Gasteiger partial charge in [0.1, 0.15) is 0 Å². The lowest BCUT2D eigenvalue weighted by atomic mass is 10.0. The van der Waals surface area contributed by atoms with Gasteiger partial charge in [-0.05, 0) is 31.0 Å². The van der Waals surface area contributed by atoms with Gasteiger partial charge in [-0.1, -0.05) is 200 Å². The highest BCUT2D eigenvalue weighted by Crippen LogP contribution is 2.22. The zero-order valence-corrected chi connectivity index (χ0v) is 30.8. The summed E-state index contributed by atoms with van der Waals surface area (Å²) in [6, 6.07) is 7.24. The molecule has 46 heavy (non-hydrogen) atoms. The van der Waals surface area contributed by atoms with Gasteiger partial charge in [0, 0.05) is 18.5 Å². The molecule has 2 N–H and O–H groups in total. The second-order valence-corrected chi connectivity index (χ2v) is 14.1. The van der Waals surface area contributed by atoms with Crippen LogP contribution in [0.2, 0.25) is 0 Å². The molecule has 266 valence electrons. The minimum Gasteiger partial charge on any atom is -0.399 e. The first kappa shape index (κ1) is 42.2. The third-order valence-electron chi connectivity index (χ3n) is 9.62. The number of carbonyl (C=O) groups excluding carboxylic acids is 2. The number of hydrogen-bond donors (Lipinski definition) is 1. The van der Waals surface area contributed by atoms with E-state index in [9.17, 15) is 9.59 Å². The van der Waals surface area contributed by atoms with E-state index in [0.717, 1.165) is 25.7 Å². The van der Waals surface area contributed by atoms with Crippen LogP contribution < -0.4 is 10.6 Å². The number of nitrogens with zero attached hydrogens (tertiary/aromatic N) is 1. The maximum atomic E-state index is 13.3. The topological polar surface area (TPSA) is 63.4 Å². The van der Waals surface area contributed by atoms with E-state index in [1.165, 1.54) is 172 Å². The summed E-state index contributed by atoms with van der Waals surface area (Å²) in [6.07, 6.45) is 39.9. The molecule has 4 nitrogen and oxygen atoms in total. The molecule has 0 fully saturated rings. The van der Waals surface area contributed by atoms with Crippen LogP contribution in [0, 0.1) is 0 Å². The van der Waals surface area contributed by atoms with Crippen molar-refractivity contribution in [3.05, 3.63) is 24.3 Å². The number of rotatable bonds is 33. The van der Waals surface area contributed by atoms with Crippen molar-refractivity contribution in [3.63, 3.8) is 0 Å². The van der Waals surface area contributed by atoms with Crippen LogP contribution in [0.3, 0.4) is 0 Å². The number of hydrogen-bond acceptors (Lipinski definition) is 3. The molecule has 0 bridgehead atoms. The Bertz CT molecular complexity index is 793. The van der Waals surface area contributed by atoms with Gasteiger partial charge in [0.2, 0.25) is 11.8 Å². The lowest BCUT2D eigenvalue weighted by Gasteiger charge is -2.21. The van der Waals surface area contributed by atoms with Crippen LogP contribution in [-0.2, 0) is 9.59 Å². The SMILES string of the molecule is CCCCCCCCCCCCCCCCCC(=O)N(C(=O)CCCCCCCCCCCCCCCCC)c1cccc(N)c1. The summed E-state index contributed by atoms with van der Waals surface area (Å²) in [5.74, 6) is -0.155. The third kappa shape index (κ3) is 24.3. The van der Waals surface area contributed by atoms with Gasteiger partial charge in [-0.2, -0.15) is 0 Å². The fraction of sp³-hybridized carbons (Fsp3) is 0.810. The van der Waals surface area contributed by atoms with E-state index in [4.69, 9.17) is 5.73 Å². The summed E-state index contributed by atoms with van der Waals surface area (Å²) in [5, 5.41) is 0. The van der Waals surface area contributed by atoms with Crippen molar-refractivity contribution in [2.75, 3.05) is 10.6 Å². The van der Waals surface area contributed by atoms with Crippen LogP contribution in [0.5, 0.6) is 0 Å². The largest absolute Gasteiger partial charge is 0.399 e. The molecule has 1 aromatic rings. The summed E-state index contributed by atoms with van der Waals surface area (Å²) in [4.78, 5) is 27.9. The minimum absolute atomic E-state index is 0.0775. The van der Waals surface area contributed by atoms with E-state index < -0.39 is 0 Å². The Hall–Kier alpha value is -1.84. The average Bonchev–Trinajstić information content (AvgIpc) is 3.05. The van der Waals surface area contributed by atoms with E-state index in [1.807, 2.05) is 12.1 Å². The zero-order valence-electron chi connectivity index (χ0n) is 30.8. The quantitative estimate of drug-likeness (QED) is 0.0614. The second-order valence-electron chi connectivity index (χ2n) is 14.1. The molecule has 4 heteroatoms. The van der Waals surface area contributed by atoms with Crippen LogP contribution in [0.1, 0.15) is 219 Å². The Morgan fingerprint density at radius 3 is 1.02 bits per heavy atom. The monoisotopic (exact) mass is 641 g/mol. The second kappa shape index (κ2) is 31.7. The van der Waals surface area contributed by atoms with Gasteiger partial charge in [-0.3, -0.25) is 14.5 Å². The molecule has 0 aliphatic rings. The van der Waals surface area contributed by atoms with Gasteiger partial charge >= 0.3 is 0 Å². The van der Waals surface area contributed by atoms with Crippen LogP contribution >= 0.6 is 0 Å². The smallest absolute Gasteiger partial charge is 0.233 e. The molecule has 1 aromatic carbocycles. The fourth-order valence-corrected chi connectivity index (χ4v) is 6.61. The maximum Gasteiger partial charge on any atom is 0.233 e. The number of benzene rings is 1. The number of nitrogens with two attached hydrogens (primary N) is 1. The number of amides is 2. The van der Waals surface area contributed by atoms with Crippen LogP contribution in [0.15, 0.2) is 24.3 Å². The molecule has 0 aliphatic carbocycles. The first-order valence-electron chi connectivity index (χ1n) is 20.3. The van der Waals surface area contributed by atoms with Crippen molar-refractivity contribution in [1.29, 1.82) is 0 Å². The molecule has 0 radical (unpaired) electrons. The first-order chi connectivity index (χ1) is 22.6. The summed E-state index contributed by atoms with van der Waals surface area (Å²) < 4.78 is 0. The van der Waals surface area contributed by atoms with E-state index in [0.29, 0.717) is 24.2 Å². The zero-order chi connectivity index (χ0) is 33.3. The molecule has 0 aromatic heterocycles. The first-order valence-corrected chi connectivity index (χ1v) is 20.3. The molecular weight excluding hydrogens is 564 g/mol. The Kier molecular flexibility index (Phi) is 29.1. The maximum absolute atomic E-state index is 13.3. The van der Waals surface area contributed by atoms with Crippen molar-refractivity contribution >= 4 is 23.2 Å². The van der Waals surface area contributed by atoms with Gasteiger partial charge in [0.05, 0.1) is 5.69 Å². The summed E-state index contributed by atoms with van der Waals surface area (Å²) in [5.41, 5.74) is 7.23. The van der Waals surface area contributed by atoms with Crippen molar-refractivity contribution in [1.82, 2.24) is 0 Å². The molecule has 0 unspecified atom stereocenters. The molecule has 0 aliphatic heterocycles.